The molecule has 1 aromatic carbocycles. The molecule has 1 unspecified atom stereocenters. The fourth-order valence-electron chi connectivity index (χ4n) is 2.89. The number of para-hydroxylation sites is 1. The zero-order chi connectivity index (χ0) is 19.7. The number of piperazine rings is 1. The summed E-state index contributed by atoms with van der Waals surface area (Å²) in [5, 5.41) is 3.36. The van der Waals surface area contributed by atoms with Crippen LogP contribution in [-0.2, 0) is 10.8 Å². The summed E-state index contributed by atoms with van der Waals surface area (Å²) >= 11 is 0. The maximum absolute atomic E-state index is 12.2. The molecule has 27 heavy (non-hydrogen) atoms. The number of nitrogens with one attached hydrogen (secondary N) is 1. The molecule has 0 amide bonds. The number of hydrogen-bond donors (Lipinski definition) is 1. The molecule has 1 saturated heterocycles. The van der Waals surface area contributed by atoms with Crippen LogP contribution < -0.4 is 10.1 Å². The van der Waals surface area contributed by atoms with Crippen LogP contribution in [0.5, 0.6) is 5.75 Å². The topological polar surface area (TPSA) is 57.2 Å². The van der Waals surface area contributed by atoms with Crippen LogP contribution >= 0.6 is 0 Å². The van der Waals surface area contributed by atoms with Gasteiger partial charge >= 0.3 is 0 Å². The first-order valence-corrected chi connectivity index (χ1v) is 11.0. The second-order valence-corrected chi connectivity index (χ2v) is 9.95. The van der Waals surface area contributed by atoms with Crippen LogP contribution in [0, 0.1) is 0 Å². The van der Waals surface area contributed by atoms with E-state index in [1.54, 1.807) is 0 Å². The van der Waals surface area contributed by atoms with E-state index >= 15 is 0 Å². The van der Waals surface area contributed by atoms with Crippen molar-refractivity contribution < 1.29 is 8.95 Å². The summed E-state index contributed by atoms with van der Waals surface area (Å²) in [7, 11) is 0.964. The fraction of sp³-hybridized carbons (Fsp3) is 0.650. The third-order valence-electron chi connectivity index (χ3n) is 4.56. The Hall–Kier alpha value is -1.60. The minimum Gasteiger partial charge on any atom is -0.492 e. The van der Waals surface area contributed by atoms with Crippen molar-refractivity contribution in [1.29, 1.82) is 0 Å². The lowest BCUT2D eigenvalue weighted by atomic mass is 10.3. The first-order chi connectivity index (χ1) is 12.9. The van der Waals surface area contributed by atoms with Gasteiger partial charge in [0.15, 0.2) is 5.96 Å². The number of ether oxygens (including phenoxy) is 1. The molecule has 1 aliphatic heterocycles. The Bertz CT molecular complexity index is 608. The Morgan fingerprint density at radius 3 is 2.44 bits per heavy atom. The highest BCUT2D eigenvalue weighted by Crippen LogP contribution is 2.11. The van der Waals surface area contributed by atoms with Gasteiger partial charge in [-0.05, 0) is 32.9 Å². The SMILES string of the molecule is CN=C(NCCS(=O)C(C)(C)C)N1CCN(CCOc2ccccc2)CC1. The van der Waals surface area contributed by atoms with Gasteiger partial charge in [-0.2, -0.15) is 0 Å². The average Bonchev–Trinajstić information content (AvgIpc) is 2.66. The third-order valence-corrected chi connectivity index (χ3v) is 6.50. The molecule has 0 bridgehead atoms. The van der Waals surface area contributed by atoms with Crippen LogP contribution in [0.4, 0.5) is 0 Å². The number of hydrogen-bond acceptors (Lipinski definition) is 4. The summed E-state index contributed by atoms with van der Waals surface area (Å²) in [6.07, 6.45) is 0. The predicted octanol–water partition coefficient (Wildman–Crippen LogP) is 1.81. The quantitative estimate of drug-likeness (QED) is 0.565. The molecule has 7 heteroatoms. The first-order valence-electron chi connectivity index (χ1n) is 9.64. The van der Waals surface area contributed by atoms with Crippen molar-refractivity contribution >= 4 is 16.8 Å². The molecule has 152 valence electrons. The highest BCUT2D eigenvalue weighted by molar-refractivity contribution is 7.86. The zero-order valence-electron chi connectivity index (χ0n) is 17.1. The lowest BCUT2D eigenvalue weighted by Crippen LogP contribution is -2.53. The van der Waals surface area contributed by atoms with Crippen LogP contribution in [-0.4, -0.2) is 83.4 Å². The molecule has 1 aromatic rings. The maximum atomic E-state index is 12.2. The van der Waals surface area contributed by atoms with Crippen molar-refractivity contribution in [3.63, 3.8) is 0 Å². The number of rotatable bonds is 7. The zero-order valence-corrected chi connectivity index (χ0v) is 17.9. The second kappa shape index (κ2) is 10.7. The maximum Gasteiger partial charge on any atom is 0.193 e. The monoisotopic (exact) mass is 394 g/mol. The Kier molecular flexibility index (Phi) is 8.57. The number of benzene rings is 1. The summed E-state index contributed by atoms with van der Waals surface area (Å²) in [5.41, 5.74) is 0. The Morgan fingerprint density at radius 2 is 1.85 bits per heavy atom. The predicted molar refractivity (Wildman–Crippen MR) is 114 cm³/mol. The molecule has 1 heterocycles. The van der Waals surface area contributed by atoms with Gasteiger partial charge in [0.05, 0.1) is 0 Å². The van der Waals surface area contributed by atoms with Gasteiger partial charge in [0.1, 0.15) is 12.4 Å². The van der Waals surface area contributed by atoms with E-state index in [1.165, 1.54) is 0 Å². The van der Waals surface area contributed by atoms with E-state index in [1.807, 2.05) is 58.2 Å². The standard InChI is InChI=1S/C20H34N4O2S/c1-20(2,3)27(25)17-10-22-19(21-4)24-13-11-23(12-14-24)15-16-26-18-8-6-5-7-9-18/h5-9H,10-17H2,1-4H3,(H,21,22). The molecule has 0 aromatic heterocycles. The molecule has 1 aliphatic rings. The third kappa shape index (κ3) is 7.50. The Balaban J connectivity index is 1.66. The summed E-state index contributed by atoms with van der Waals surface area (Å²) in [6, 6.07) is 9.95. The number of nitrogens with zero attached hydrogens (tertiary/aromatic N) is 3. The van der Waals surface area contributed by atoms with Gasteiger partial charge in [0.2, 0.25) is 0 Å². The van der Waals surface area contributed by atoms with Gasteiger partial charge in [-0.25, -0.2) is 0 Å². The number of guanidine groups is 1. The first kappa shape index (κ1) is 21.7. The molecule has 1 atom stereocenters. The molecule has 1 N–H and O–H groups in total. The van der Waals surface area contributed by atoms with Crippen molar-refractivity contribution in [2.24, 2.45) is 4.99 Å². The van der Waals surface area contributed by atoms with Crippen LogP contribution in [0.3, 0.4) is 0 Å². The van der Waals surface area contributed by atoms with Crippen LogP contribution in [0.25, 0.3) is 0 Å². The fourth-order valence-corrected chi connectivity index (χ4v) is 3.79. The minimum absolute atomic E-state index is 0.168. The Morgan fingerprint density at radius 1 is 1.19 bits per heavy atom. The van der Waals surface area contributed by atoms with Crippen molar-refractivity contribution in [3.8, 4) is 5.75 Å². The van der Waals surface area contributed by atoms with Gasteiger partial charge in [0, 0.05) is 67.6 Å². The summed E-state index contributed by atoms with van der Waals surface area (Å²) in [5.74, 6) is 2.47. The highest BCUT2D eigenvalue weighted by Gasteiger charge is 2.21. The van der Waals surface area contributed by atoms with Crippen molar-refractivity contribution in [2.75, 3.05) is 58.7 Å². The molecule has 0 radical (unpaired) electrons. The number of aliphatic imine (C=N–C) groups is 1. The average molecular weight is 395 g/mol. The van der Waals surface area contributed by atoms with E-state index in [9.17, 15) is 4.21 Å². The molecule has 6 nitrogen and oxygen atoms in total. The second-order valence-electron chi connectivity index (χ2n) is 7.63. The van der Waals surface area contributed by atoms with Gasteiger partial charge in [-0.3, -0.25) is 14.1 Å². The van der Waals surface area contributed by atoms with Crippen LogP contribution in [0.15, 0.2) is 35.3 Å². The normalized spacial score (nSPS) is 17.6. The smallest absolute Gasteiger partial charge is 0.193 e. The minimum atomic E-state index is -0.844. The highest BCUT2D eigenvalue weighted by atomic mass is 32.2. The van der Waals surface area contributed by atoms with Gasteiger partial charge in [-0.1, -0.05) is 18.2 Å². The Labute approximate surface area is 166 Å². The molecular weight excluding hydrogens is 360 g/mol. The lowest BCUT2D eigenvalue weighted by molar-refractivity contribution is 0.152. The van der Waals surface area contributed by atoms with Gasteiger partial charge in [-0.15, -0.1) is 0 Å². The van der Waals surface area contributed by atoms with E-state index in [-0.39, 0.29) is 4.75 Å². The summed E-state index contributed by atoms with van der Waals surface area (Å²) < 4.78 is 17.8. The molecular formula is C20H34N4O2S. The van der Waals surface area contributed by atoms with E-state index in [0.29, 0.717) is 18.9 Å². The van der Waals surface area contributed by atoms with Gasteiger partial charge < -0.3 is 15.0 Å². The summed E-state index contributed by atoms with van der Waals surface area (Å²) in [6.45, 7) is 12.2. The summed E-state index contributed by atoms with van der Waals surface area (Å²) in [4.78, 5) is 9.08. The largest absolute Gasteiger partial charge is 0.492 e. The van der Waals surface area contributed by atoms with E-state index in [4.69, 9.17) is 4.74 Å². The van der Waals surface area contributed by atoms with Crippen LogP contribution in [0.2, 0.25) is 0 Å². The molecule has 0 aliphatic carbocycles. The molecule has 2 rings (SSSR count). The lowest BCUT2D eigenvalue weighted by Gasteiger charge is -2.36. The molecule has 0 saturated carbocycles. The van der Waals surface area contributed by atoms with Crippen molar-refractivity contribution in [2.45, 2.75) is 25.5 Å². The van der Waals surface area contributed by atoms with Crippen molar-refractivity contribution in [1.82, 2.24) is 15.1 Å². The van der Waals surface area contributed by atoms with Crippen LogP contribution in [0.1, 0.15) is 20.8 Å². The molecule has 1 fully saturated rings. The van der Waals surface area contributed by atoms with E-state index in [2.05, 4.69) is 20.1 Å². The van der Waals surface area contributed by atoms with Gasteiger partial charge in [0.25, 0.3) is 0 Å². The van der Waals surface area contributed by atoms with E-state index < -0.39 is 10.8 Å². The van der Waals surface area contributed by atoms with E-state index in [0.717, 1.165) is 44.4 Å². The molecule has 0 spiro atoms. The van der Waals surface area contributed by atoms with Crippen molar-refractivity contribution in [3.05, 3.63) is 30.3 Å².